The van der Waals surface area contributed by atoms with Crippen LogP contribution in [-0.4, -0.2) is 22.2 Å². The first-order valence-electron chi connectivity index (χ1n) is 9.99. The molecule has 0 aromatic heterocycles. The van der Waals surface area contributed by atoms with Crippen LogP contribution in [0.15, 0.2) is 84.9 Å². The molecular weight excluding hydrogens is 388 g/mol. The molecule has 6 rings (SSSR count). The van der Waals surface area contributed by atoms with E-state index in [1.807, 2.05) is 36.4 Å². The number of carboxylic acids is 2. The van der Waals surface area contributed by atoms with Crippen LogP contribution >= 0.6 is 0 Å². The Bertz CT molecular complexity index is 1340. The Morgan fingerprint density at radius 2 is 0.903 bits per heavy atom. The number of benzene rings is 4. The summed E-state index contributed by atoms with van der Waals surface area (Å²) in [4.78, 5) is 23.7. The van der Waals surface area contributed by atoms with E-state index in [1.165, 1.54) is 0 Å². The Morgan fingerprint density at radius 1 is 0.516 bits per heavy atom. The van der Waals surface area contributed by atoms with Crippen molar-refractivity contribution >= 4 is 11.9 Å². The Hall–Kier alpha value is -4.18. The molecule has 4 aromatic rings. The maximum absolute atomic E-state index is 11.8. The highest BCUT2D eigenvalue weighted by atomic mass is 16.4. The largest absolute Gasteiger partial charge is 0.478 e. The number of hydrogen-bond donors (Lipinski definition) is 2. The molecule has 0 bridgehead atoms. The van der Waals surface area contributed by atoms with Crippen molar-refractivity contribution in [3.63, 3.8) is 0 Å². The maximum Gasteiger partial charge on any atom is 0.335 e. The monoisotopic (exact) mass is 404 g/mol. The molecule has 4 nitrogen and oxygen atoms in total. The lowest BCUT2D eigenvalue weighted by atomic mass is 9.70. The molecule has 2 aliphatic rings. The van der Waals surface area contributed by atoms with E-state index in [0.29, 0.717) is 0 Å². The molecule has 2 aliphatic carbocycles. The van der Waals surface area contributed by atoms with Gasteiger partial charge < -0.3 is 10.2 Å². The molecule has 0 heterocycles. The highest BCUT2D eigenvalue weighted by Gasteiger charge is 2.51. The van der Waals surface area contributed by atoms with E-state index in [1.54, 1.807) is 24.3 Å². The predicted octanol–water partition coefficient (Wildman–Crippen LogP) is 5.43. The summed E-state index contributed by atoms with van der Waals surface area (Å²) >= 11 is 0. The SMILES string of the molecule is O=C(O)c1ccc2c(c1)C1(c3ccccc3-c3ccccc31)c1cc(C(=O)O)ccc1-2. The Kier molecular flexibility index (Phi) is 3.37. The zero-order chi connectivity index (χ0) is 21.3. The van der Waals surface area contributed by atoms with Crippen molar-refractivity contribution in [2.24, 2.45) is 0 Å². The lowest BCUT2D eigenvalue weighted by Crippen LogP contribution is -2.26. The fourth-order valence-corrected chi connectivity index (χ4v) is 5.41. The third-order valence-corrected chi connectivity index (χ3v) is 6.58. The van der Waals surface area contributed by atoms with Gasteiger partial charge in [-0.05, 0) is 68.8 Å². The molecule has 31 heavy (non-hydrogen) atoms. The first-order valence-corrected chi connectivity index (χ1v) is 9.99. The minimum Gasteiger partial charge on any atom is -0.478 e. The summed E-state index contributed by atoms with van der Waals surface area (Å²) in [5, 5.41) is 19.4. The van der Waals surface area contributed by atoms with Gasteiger partial charge >= 0.3 is 11.9 Å². The van der Waals surface area contributed by atoms with E-state index in [4.69, 9.17) is 0 Å². The maximum atomic E-state index is 11.8. The number of fused-ring (bicyclic) bond motifs is 10. The van der Waals surface area contributed by atoms with E-state index in [2.05, 4.69) is 24.3 Å². The minimum absolute atomic E-state index is 0.214. The lowest BCUT2D eigenvalue weighted by Gasteiger charge is -2.30. The number of hydrogen-bond acceptors (Lipinski definition) is 2. The van der Waals surface area contributed by atoms with Crippen molar-refractivity contribution in [1.82, 2.24) is 0 Å². The van der Waals surface area contributed by atoms with Crippen molar-refractivity contribution in [2.75, 3.05) is 0 Å². The van der Waals surface area contributed by atoms with Gasteiger partial charge in [0.15, 0.2) is 0 Å². The molecule has 1 spiro atoms. The van der Waals surface area contributed by atoms with Crippen molar-refractivity contribution in [1.29, 1.82) is 0 Å². The average Bonchev–Trinajstić information content (AvgIpc) is 3.25. The van der Waals surface area contributed by atoms with Gasteiger partial charge in [-0.3, -0.25) is 0 Å². The van der Waals surface area contributed by atoms with Gasteiger partial charge in [0.1, 0.15) is 0 Å². The fourth-order valence-electron chi connectivity index (χ4n) is 5.41. The third-order valence-electron chi connectivity index (χ3n) is 6.58. The fraction of sp³-hybridized carbons (Fsp3) is 0.0370. The van der Waals surface area contributed by atoms with Crippen molar-refractivity contribution in [3.05, 3.63) is 118 Å². The molecule has 0 saturated heterocycles. The van der Waals surface area contributed by atoms with Crippen LogP contribution in [-0.2, 0) is 5.41 Å². The molecule has 0 fully saturated rings. The van der Waals surface area contributed by atoms with Gasteiger partial charge in [0.25, 0.3) is 0 Å². The van der Waals surface area contributed by atoms with Gasteiger partial charge in [-0.2, -0.15) is 0 Å². The average molecular weight is 404 g/mol. The van der Waals surface area contributed by atoms with E-state index in [-0.39, 0.29) is 11.1 Å². The quantitative estimate of drug-likeness (QED) is 0.404. The Morgan fingerprint density at radius 3 is 1.32 bits per heavy atom. The molecular formula is C27H16O4. The number of carboxylic acid groups (broad SMARTS) is 2. The summed E-state index contributed by atoms with van der Waals surface area (Å²) in [6.07, 6.45) is 0. The summed E-state index contributed by atoms with van der Waals surface area (Å²) in [6.45, 7) is 0. The normalized spacial score (nSPS) is 13.9. The summed E-state index contributed by atoms with van der Waals surface area (Å²) in [6, 6.07) is 26.6. The van der Waals surface area contributed by atoms with Crippen LogP contribution in [0.3, 0.4) is 0 Å². The molecule has 0 amide bonds. The van der Waals surface area contributed by atoms with Crippen molar-refractivity contribution in [2.45, 2.75) is 5.41 Å². The second-order valence-corrected chi connectivity index (χ2v) is 7.97. The molecule has 148 valence electrons. The first kappa shape index (κ1) is 17.7. The predicted molar refractivity (Wildman–Crippen MR) is 117 cm³/mol. The molecule has 0 saturated carbocycles. The second-order valence-electron chi connectivity index (χ2n) is 7.97. The molecule has 2 N–H and O–H groups in total. The summed E-state index contributed by atoms with van der Waals surface area (Å²) in [7, 11) is 0. The summed E-state index contributed by atoms with van der Waals surface area (Å²) in [5.74, 6) is -1.97. The van der Waals surface area contributed by atoms with Gasteiger partial charge in [0, 0.05) is 0 Å². The topological polar surface area (TPSA) is 74.6 Å². The Balaban J connectivity index is 1.83. The third kappa shape index (κ3) is 2.09. The van der Waals surface area contributed by atoms with Crippen molar-refractivity contribution in [3.8, 4) is 22.3 Å². The van der Waals surface area contributed by atoms with Crippen LogP contribution in [0.1, 0.15) is 43.0 Å². The van der Waals surface area contributed by atoms with E-state index >= 15 is 0 Å². The Labute approximate surface area is 178 Å². The van der Waals surface area contributed by atoms with E-state index < -0.39 is 17.4 Å². The zero-order valence-electron chi connectivity index (χ0n) is 16.3. The molecule has 4 heteroatoms. The molecule has 0 aliphatic heterocycles. The van der Waals surface area contributed by atoms with Gasteiger partial charge in [0.05, 0.1) is 16.5 Å². The molecule has 0 radical (unpaired) electrons. The van der Waals surface area contributed by atoms with Gasteiger partial charge in [-0.25, -0.2) is 9.59 Å². The van der Waals surface area contributed by atoms with Gasteiger partial charge in [0.2, 0.25) is 0 Å². The minimum atomic E-state index is -0.986. The van der Waals surface area contributed by atoms with Crippen LogP contribution in [0.2, 0.25) is 0 Å². The standard InChI is InChI=1S/C27H16O4/c28-25(29)15-9-11-19-20-12-10-16(26(30)31)14-24(20)27(23(19)13-15)21-7-3-1-5-17(21)18-6-2-4-8-22(18)27/h1-14H,(H,28,29)(H,30,31). The van der Waals surface area contributed by atoms with Crippen LogP contribution in [0.25, 0.3) is 22.3 Å². The number of aromatic carboxylic acids is 2. The molecule has 4 aromatic carbocycles. The van der Waals surface area contributed by atoms with Crippen LogP contribution in [0, 0.1) is 0 Å². The summed E-state index contributed by atoms with van der Waals surface area (Å²) < 4.78 is 0. The van der Waals surface area contributed by atoms with Crippen LogP contribution in [0.4, 0.5) is 0 Å². The zero-order valence-corrected chi connectivity index (χ0v) is 16.3. The molecule has 0 unspecified atom stereocenters. The van der Waals surface area contributed by atoms with E-state index in [0.717, 1.165) is 44.5 Å². The number of rotatable bonds is 2. The van der Waals surface area contributed by atoms with Crippen LogP contribution in [0.5, 0.6) is 0 Å². The highest BCUT2D eigenvalue weighted by molar-refractivity contribution is 5.99. The number of carbonyl (C=O) groups is 2. The smallest absolute Gasteiger partial charge is 0.335 e. The molecule has 0 atom stereocenters. The van der Waals surface area contributed by atoms with Gasteiger partial charge in [-0.1, -0.05) is 60.7 Å². The second kappa shape index (κ2) is 5.92. The highest BCUT2D eigenvalue weighted by Crippen LogP contribution is 2.62. The van der Waals surface area contributed by atoms with Crippen molar-refractivity contribution < 1.29 is 19.8 Å². The van der Waals surface area contributed by atoms with E-state index in [9.17, 15) is 19.8 Å². The van der Waals surface area contributed by atoms with Crippen LogP contribution < -0.4 is 0 Å². The van der Waals surface area contributed by atoms with Gasteiger partial charge in [-0.15, -0.1) is 0 Å². The summed E-state index contributed by atoms with van der Waals surface area (Å²) in [5.41, 5.74) is 7.54. The lowest BCUT2D eigenvalue weighted by molar-refractivity contribution is 0.0686. The first-order chi connectivity index (χ1) is 15.0.